The third-order valence-corrected chi connectivity index (χ3v) is 4.16. The quantitative estimate of drug-likeness (QED) is 0.540. The first kappa shape index (κ1) is 13.2. The van der Waals surface area contributed by atoms with Gasteiger partial charge in [-0.05, 0) is 29.8 Å². The average Bonchev–Trinajstić information content (AvgIpc) is 2.28. The minimum absolute atomic E-state index is 0.422. The molecule has 5 heteroatoms. The molecule has 0 aliphatic carbocycles. The predicted octanol–water partition coefficient (Wildman–Crippen LogP) is 5.44. The number of hydrogen-bond donors (Lipinski definition) is 0. The molecule has 0 aliphatic rings. The first-order valence-electron chi connectivity index (χ1n) is 4.84. The van der Waals surface area contributed by atoms with E-state index in [1.807, 2.05) is 18.2 Å². The summed E-state index contributed by atoms with van der Waals surface area (Å²) in [6.07, 6.45) is 0. The smallest absolute Gasteiger partial charge is 0.134 e. The molecule has 0 unspecified atom stereocenters. The van der Waals surface area contributed by atoms with E-state index in [1.165, 1.54) is 4.90 Å². The summed E-state index contributed by atoms with van der Waals surface area (Å²) < 4.78 is 1.07. The van der Waals surface area contributed by atoms with Crippen LogP contribution in [0.15, 0.2) is 45.8 Å². The van der Waals surface area contributed by atoms with Gasteiger partial charge in [-0.3, -0.25) is 0 Å². The Morgan fingerprint density at radius 2 is 2.00 bits per heavy atom. The van der Waals surface area contributed by atoms with Crippen molar-refractivity contribution in [2.24, 2.45) is 0 Å². The highest BCUT2D eigenvalue weighted by molar-refractivity contribution is 9.10. The van der Waals surface area contributed by atoms with Gasteiger partial charge in [0, 0.05) is 15.1 Å². The Labute approximate surface area is 123 Å². The zero-order valence-corrected chi connectivity index (χ0v) is 12.6. The van der Waals surface area contributed by atoms with E-state index < -0.39 is 0 Å². The molecule has 88 valence electrons. The Kier molecular flexibility index (Phi) is 4.74. The van der Waals surface area contributed by atoms with Gasteiger partial charge in [-0.25, -0.2) is 4.98 Å². The van der Waals surface area contributed by atoms with Crippen molar-refractivity contribution in [2.45, 2.75) is 10.6 Å². The zero-order valence-electron chi connectivity index (χ0n) is 8.66. The molecule has 2 rings (SSSR count). The monoisotopic (exact) mass is 347 g/mol. The van der Waals surface area contributed by atoms with Crippen LogP contribution in [0, 0.1) is 0 Å². The number of benzene rings is 1. The molecule has 0 N–H and O–H groups in total. The number of pyridine rings is 1. The highest BCUT2D eigenvalue weighted by Gasteiger charge is 2.04. The number of nitrogens with zero attached hydrogens (tertiary/aromatic N) is 1. The van der Waals surface area contributed by atoms with Crippen LogP contribution in [0.2, 0.25) is 10.3 Å². The van der Waals surface area contributed by atoms with Gasteiger partial charge in [-0.2, -0.15) is 0 Å². The standard InChI is InChI=1S/C12H8BrCl2NS/c13-9-2-1-3-10(6-9)17-7-8-4-5-11(14)16-12(8)15/h1-6H,7H2. The minimum Gasteiger partial charge on any atom is -0.224 e. The van der Waals surface area contributed by atoms with Crippen LogP contribution in [0.1, 0.15) is 5.56 Å². The van der Waals surface area contributed by atoms with Gasteiger partial charge < -0.3 is 0 Å². The predicted molar refractivity (Wildman–Crippen MR) is 78.0 cm³/mol. The van der Waals surface area contributed by atoms with Gasteiger partial charge in [-0.1, -0.05) is 51.3 Å². The molecule has 1 heterocycles. The molecule has 0 saturated carbocycles. The number of aromatic nitrogens is 1. The van der Waals surface area contributed by atoms with Gasteiger partial charge in [0.2, 0.25) is 0 Å². The maximum Gasteiger partial charge on any atom is 0.134 e. The van der Waals surface area contributed by atoms with Gasteiger partial charge in [0.25, 0.3) is 0 Å². The van der Waals surface area contributed by atoms with Gasteiger partial charge in [-0.15, -0.1) is 11.8 Å². The number of hydrogen-bond acceptors (Lipinski definition) is 2. The maximum absolute atomic E-state index is 6.01. The third-order valence-electron chi connectivity index (χ3n) is 2.08. The lowest BCUT2D eigenvalue weighted by molar-refractivity contribution is 1.25. The zero-order chi connectivity index (χ0) is 12.3. The maximum atomic E-state index is 6.01. The fraction of sp³-hybridized carbons (Fsp3) is 0.0833. The van der Waals surface area contributed by atoms with Crippen molar-refractivity contribution in [3.8, 4) is 0 Å². The summed E-state index contributed by atoms with van der Waals surface area (Å²) in [6.45, 7) is 0. The topological polar surface area (TPSA) is 12.9 Å². The number of thioether (sulfide) groups is 1. The molecule has 0 radical (unpaired) electrons. The second-order valence-electron chi connectivity index (χ2n) is 3.33. The van der Waals surface area contributed by atoms with Crippen LogP contribution in [-0.2, 0) is 5.75 Å². The van der Waals surface area contributed by atoms with E-state index in [0.717, 1.165) is 15.8 Å². The summed E-state index contributed by atoms with van der Waals surface area (Å²) in [5.41, 5.74) is 0.987. The summed E-state index contributed by atoms with van der Waals surface area (Å²) in [5, 5.41) is 0.895. The molecule has 1 aromatic carbocycles. The van der Waals surface area contributed by atoms with E-state index in [4.69, 9.17) is 23.2 Å². The van der Waals surface area contributed by atoms with Crippen LogP contribution in [0.25, 0.3) is 0 Å². The van der Waals surface area contributed by atoms with Crippen LogP contribution in [0.5, 0.6) is 0 Å². The third kappa shape index (κ3) is 3.88. The molecule has 0 saturated heterocycles. The molecule has 1 nitrogen and oxygen atoms in total. The molecule has 1 aromatic heterocycles. The Balaban J connectivity index is 2.07. The molecule has 0 aliphatic heterocycles. The SMILES string of the molecule is Clc1ccc(CSc2cccc(Br)c2)c(Cl)n1. The molecule has 0 bridgehead atoms. The van der Waals surface area contributed by atoms with E-state index in [0.29, 0.717) is 10.3 Å². The number of rotatable bonds is 3. The van der Waals surface area contributed by atoms with Crippen molar-refractivity contribution in [3.63, 3.8) is 0 Å². The molecular formula is C12H8BrCl2NS. The molecule has 17 heavy (non-hydrogen) atoms. The van der Waals surface area contributed by atoms with Crippen LogP contribution in [0.3, 0.4) is 0 Å². The van der Waals surface area contributed by atoms with E-state index in [-0.39, 0.29) is 0 Å². The highest BCUT2D eigenvalue weighted by atomic mass is 79.9. The van der Waals surface area contributed by atoms with Crippen molar-refractivity contribution in [3.05, 3.63) is 56.7 Å². The van der Waals surface area contributed by atoms with Crippen molar-refractivity contribution >= 4 is 50.9 Å². The van der Waals surface area contributed by atoms with Crippen LogP contribution in [-0.4, -0.2) is 4.98 Å². The molecular weight excluding hydrogens is 341 g/mol. The molecule has 0 spiro atoms. The lowest BCUT2D eigenvalue weighted by Gasteiger charge is -2.04. The first-order chi connectivity index (χ1) is 8.15. The van der Waals surface area contributed by atoms with Crippen LogP contribution in [0.4, 0.5) is 0 Å². The van der Waals surface area contributed by atoms with E-state index >= 15 is 0 Å². The fourth-order valence-corrected chi connectivity index (χ4v) is 3.25. The summed E-state index contributed by atoms with van der Waals surface area (Å²) in [5.74, 6) is 0.777. The van der Waals surface area contributed by atoms with Crippen molar-refractivity contribution in [1.82, 2.24) is 4.98 Å². The minimum atomic E-state index is 0.422. The Morgan fingerprint density at radius 3 is 2.71 bits per heavy atom. The van der Waals surface area contributed by atoms with Crippen molar-refractivity contribution < 1.29 is 0 Å². The number of halogens is 3. The summed E-state index contributed by atoms with van der Waals surface area (Å²) in [6, 6.07) is 11.8. The van der Waals surface area contributed by atoms with Gasteiger partial charge in [0.15, 0.2) is 0 Å². The lowest BCUT2D eigenvalue weighted by atomic mass is 10.3. The van der Waals surface area contributed by atoms with Gasteiger partial charge in [0.1, 0.15) is 10.3 Å². The molecule has 0 atom stereocenters. The highest BCUT2D eigenvalue weighted by Crippen LogP contribution is 2.28. The van der Waals surface area contributed by atoms with Crippen molar-refractivity contribution in [1.29, 1.82) is 0 Å². The Morgan fingerprint density at radius 1 is 1.18 bits per heavy atom. The normalized spacial score (nSPS) is 10.5. The largest absolute Gasteiger partial charge is 0.224 e. The fourth-order valence-electron chi connectivity index (χ4n) is 1.27. The second kappa shape index (κ2) is 6.10. The van der Waals surface area contributed by atoms with E-state index in [9.17, 15) is 0 Å². The molecule has 0 amide bonds. The van der Waals surface area contributed by atoms with Crippen molar-refractivity contribution in [2.75, 3.05) is 0 Å². The molecule has 2 aromatic rings. The van der Waals surface area contributed by atoms with E-state index in [2.05, 4.69) is 33.0 Å². The van der Waals surface area contributed by atoms with Crippen LogP contribution >= 0.6 is 50.9 Å². The van der Waals surface area contributed by atoms with E-state index in [1.54, 1.807) is 17.8 Å². The van der Waals surface area contributed by atoms with Gasteiger partial charge in [0.05, 0.1) is 0 Å². The summed E-state index contributed by atoms with van der Waals surface area (Å²) in [7, 11) is 0. The summed E-state index contributed by atoms with van der Waals surface area (Å²) >= 11 is 16.9. The Bertz CT molecular complexity index is 534. The summed E-state index contributed by atoms with van der Waals surface area (Å²) in [4.78, 5) is 5.20. The van der Waals surface area contributed by atoms with Crippen LogP contribution < -0.4 is 0 Å². The second-order valence-corrected chi connectivity index (χ2v) is 6.04. The Hall–Kier alpha value is -0.220. The lowest BCUT2D eigenvalue weighted by Crippen LogP contribution is -1.86. The first-order valence-corrected chi connectivity index (χ1v) is 7.38. The average molecular weight is 349 g/mol. The van der Waals surface area contributed by atoms with Gasteiger partial charge >= 0.3 is 0 Å². The molecule has 0 fully saturated rings.